The van der Waals surface area contributed by atoms with E-state index in [1.165, 1.54) is 0 Å². The van der Waals surface area contributed by atoms with Crippen molar-refractivity contribution in [1.29, 1.82) is 0 Å². The van der Waals surface area contributed by atoms with Crippen LogP contribution in [0, 0.1) is 0 Å². The molecule has 20 heavy (non-hydrogen) atoms. The lowest BCUT2D eigenvalue weighted by molar-refractivity contribution is 0.152. The summed E-state index contributed by atoms with van der Waals surface area (Å²) in [7, 11) is 2.04. The van der Waals surface area contributed by atoms with Crippen LogP contribution in [0.3, 0.4) is 0 Å². The van der Waals surface area contributed by atoms with E-state index in [9.17, 15) is 4.57 Å². The van der Waals surface area contributed by atoms with Crippen molar-refractivity contribution in [3.8, 4) is 5.75 Å². The fraction of sp³-hybridized carbons (Fsp3) is 0.571. The molecule has 0 spiro atoms. The average molecular weight is 296 g/mol. The van der Waals surface area contributed by atoms with Gasteiger partial charge in [-0.3, -0.25) is 9.05 Å². The number of phosphoric ester groups is 1. The Kier molecular flexibility index (Phi) is 7.97. The molecule has 0 aliphatic heterocycles. The van der Waals surface area contributed by atoms with Gasteiger partial charge in [-0.05, 0) is 25.0 Å². The maximum absolute atomic E-state index is 12.5. The van der Waals surface area contributed by atoms with Gasteiger partial charge >= 0.3 is 7.82 Å². The average Bonchev–Trinajstić information content (AvgIpc) is 2.42. The van der Waals surface area contributed by atoms with Gasteiger partial charge in [0.05, 0.1) is 13.2 Å². The van der Waals surface area contributed by atoms with Gasteiger partial charge in [0, 0.05) is 0 Å². The lowest BCUT2D eigenvalue weighted by Crippen LogP contribution is -2.06. The van der Waals surface area contributed by atoms with Crippen molar-refractivity contribution in [1.82, 2.24) is 0 Å². The highest BCUT2D eigenvalue weighted by molar-refractivity contribution is 7.48. The number of hydrogen-bond acceptors (Lipinski definition) is 4. The van der Waals surface area contributed by atoms with Crippen LogP contribution in [0.5, 0.6) is 5.75 Å². The van der Waals surface area contributed by atoms with Crippen molar-refractivity contribution >= 4 is 21.1 Å². The zero-order valence-electron chi connectivity index (χ0n) is 12.2. The van der Waals surface area contributed by atoms with Gasteiger partial charge in [-0.1, -0.05) is 44.3 Å². The van der Waals surface area contributed by atoms with E-state index in [1.54, 1.807) is 24.3 Å². The van der Waals surface area contributed by atoms with Crippen molar-refractivity contribution in [3.63, 3.8) is 0 Å². The van der Waals surface area contributed by atoms with Gasteiger partial charge in [-0.2, -0.15) is 0 Å². The summed E-state index contributed by atoms with van der Waals surface area (Å²) in [6.45, 7) is 4.78. The first kappa shape index (κ1) is 17.3. The van der Waals surface area contributed by atoms with Crippen molar-refractivity contribution in [2.75, 3.05) is 13.2 Å². The van der Waals surface area contributed by atoms with Crippen molar-refractivity contribution in [3.05, 3.63) is 24.3 Å². The number of benzene rings is 1. The molecule has 0 heterocycles. The Morgan fingerprint density at radius 3 is 1.95 bits per heavy atom. The lowest BCUT2D eigenvalue weighted by Gasteiger charge is -2.18. The molecule has 0 saturated carbocycles. The molecule has 4 nitrogen and oxygen atoms in total. The largest absolute Gasteiger partial charge is 0.530 e. The van der Waals surface area contributed by atoms with Crippen LogP contribution in [-0.4, -0.2) is 21.1 Å². The molecule has 1 aromatic rings. The normalized spacial score (nSPS) is 11.5. The summed E-state index contributed by atoms with van der Waals surface area (Å²) in [4.78, 5) is 0. The van der Waals surface area contributed by atoms with Crippen molar-refractivity contribution < 1.29 is 18.1 Å². The summed E-state index contributed by atoms with van der Waals surface area (Å²) in [5.74, 6) is 0.426. The third-order valence-corrected chi connectivity index (χ3v) is 4.02. The van der Waals surface area contributed by atoms with E-state index in [0.29, 0.717) is 24.4 Å². The number of unbranched alkanes of at least 4 members (excludes halogenated alkanes) is 2. The lowest BCUT2D eigenvalue weighted by atomic mass is 9.97. The molecular formula is C14H22BO4P. The standard InChI is InChI=1S/C14H22BO4P/c1-3-5-11-17-20(16,18-12-6-4-2)19-14-9-7-13(15)8-10-14/h7-10H,3-6,11-12H2,1-2H3. The molecular weight excluding hydrogens is 274 g/mol. The summed E-state index contributed by atoms with van der Waals surface area (Å²) in [5, 5.41) is 0. The molecule has 0 bridgehead atoms. The molecule has 6 heteroatoms. The van der Waals surface area contributed by atoms with Crippen LogP contribution in [0.15, 0.2) is 24.3 Å². The van der Waals surface area contributed by atoms with E-state index in [0.717, 1.165) is 25.7 Å². The van der Waals surface area contributed by atoms with E-state index >= 15 is 0 Å². The Morgan fingerprint density at radius 1 is 1.00 bits per heavy atom. The van der Waals surface area contributed by atoms with Gasteiger partial charge in [-0.15, -0.1) is 0 Å². The number of phosphoric acid groups is 1. The highest BCUT2D eigenvalue weighted by Gasteiger charge is 2.28. The molecule has 0 saturated heterocycles. The zero-order valence-corrected chi connectivity index (χ0v) is 13.1. The van der Waals surface area contributed by atoms with Crippen LogP contribution in [0.25, 0.3) is 0 Å². The van der Waals surface area contributed by atoms with Crippen molar-refractivity contribution in [2.24, 2.45) is 0 Å². The third-order valence-electron chi connectivity index (χ3n) is 2.59. The van der Waals surface area contributed by atoms with E-state index in [4.69, 9.17) is 21.4 Å². The summed E-state index contributed by atoms with van der Waals surface area (Å²) in [5.41, 5.74) is 0.617. The number of hydrogen-bond donors (Lipinski definition) is 0. The second-order valence-electron chi connectivity index (χ2n) is 4.48. The third kappa shape index (κ3) is 6.60. The Labute approximate surface area is 122 Å². The van der Waals surface area contributed by atoms with Gasteiger partial charge in [0.15, 0.2) is 0 Å². The molecule has 0 N–H and O–H groups in total. The molecule has 0 aromatic heterocycles. The van der Waals surface area contributed by atoms with Crippen molar-refractivity contribution in [2.45, 2.75) is 39.5 Å². The molecule has 2 radical (unpaired) electrons. The van der Waals surface area contributed by atoms with Crippen LogP contribution >= 0.6 is 7.82 Å². The fourth-order valence-corrected chi connectivity index (χ4v) is 2.65. The Bertz CT molecular complexity index is 408. The van der Waals surface area contributed by atoms with Crippen LogP contribution < -0.4 is 9.99 Å². The minimum Gasteiger partial charge on any atom is -0.404 e. The van der Waals surface area contributed by atoms with Gasteiger partial charge in [0.25, 0.3) is 0 Å². The Balaban J connectivity index is 2.64. The highest BCUT2D eigenvalue weighted by atomic mass is 31.2. The van der Waals surface area contributed by atoms with E-state index in [-0.39, 0.29) is 0 Å². The van der Waals surface area contributed by atoms with Crippen LogP contribution in [0.4, 0.5) is 0 Å². The van der Waals surface area contributed by atoms with E-state index in [2.05, 4.69) is 0 Å². The molecule has 1 rings (SSSR count). The smallest absolute Gasteiger partial charge is 0.404 e. The first-order valence-electron chi connectivity index (χ1n) is 7.04. The molecule has 110 valence electrons. The Hall–Kier alpha value is -0.765. The molecule has 0 aliphatic rings. The Morgan fingerprint density at radius 2 is 1.50 bits per heavy atom. The summed E-state index contributed by atoms with van der Waals surface area (Å²) >= 11 is 0. The maximum atomic E-state index is 12.5. The first-order valence-corrected chi connectivity index (χ1v) is 8.50. The van der Waals surface area contributed by atoms with Crippen LogP contribution in [0.1, 0.15) is 39.5 Å². The first-order chi connectivity index (χ1) is 9.59. The summed E-state index contributed by atoms with van der Waals surface area (Å²) in [6, 6.07) is 6.65. The zero-order chi connectivity index (χ0) is 14.8. The summed E-state index contributed by atoms with van der Waals surface area (Å²) < 4.78 is 28.6. The van der Waals surface area contributed by atoms with Gasteiger partial charge < -0.3 is 4.52 Å². The molecule has 0 atom stereocenters. The summed E-state index contributed by atoms with van der Waals surface area (Å²) in [6.07, 6.45) is 3.53. The molecule has 0 amide bonds. The second kappa shape index (κ2) is 9.22. The molecule has 0 unspecified atom stereocenters. The van der Waals surface area contributed by atoms with E-state index in [1.807, 2.05) is 13.8 Å². The predicted molar refractivity (Wildman–Crippen MR) is 81.8 cm³/mol. The quantitative estimate of drug-likeness (QED) is 0.376. The fourth-order valence-electron chi connectivity index (χ4n) is 1.39. The minimum absolute atomic E-state index is 0.356. The molecule has 0 fully saturated rings. The molecule has 1 aromatic carbocycles. The minimum atomic E-state index is -3.56. The second-order valence-corrected chi connectivity index (χ2v) is 6.07. The SMILES string of the molecule is [B]c1ccc(OP(=O)(OCCCC)OCCCC)cc1. The van der Waals surface area contributed by atoms with Gasteiger partial charge in [0.1, 0.15) is 13.6 Å². The van der Waals surface area contributed by atoms with E-state index < -0.39 is 7.82 Å². The van der Waals surface area contributed by atoms with Gasteiger partial charge in [-0.25, -0.2) is 4.57 Å². The highest BCUT2D eigenvalue weighted by Crippen LogP contribution is 2.49. The topological polar surface area (TPSA) is 44.8 Å². The van der Waals surface area contributed by atoms with Crippen LogP contribution in [-0.2, 0) is 13.6 Å². The monoisotopic (exact) mass is 296 g/mol. The molecule has 0 aliphatic carbocycles. The van der Waals surface area contributed by atoms with Crippen LogP contribution in [0.2, 0.25) is 0 Å². The van der Waals surface area contributed by atoms with Gasteiger partial charge in [0.2, 0.25) is 0 Å². The predicted octanol–water partition coefficient (Wildman–Crippen LogP) is 3.60. The maximum Gasteiger partial charge on any atom is 0.530 e. The number of rotatable bonds is 10.